The summed E-state index contributed by atoms with van der Waals surface area (Å²) in [6, 6.07) is 6.74. The topological polar surface area (TPSA) is 20.2 Å². The minimum Gasteiger partial charge on any atom is -0.396 e. The Morgan fingerprint density at radius 3 is 2.80 bits per heavy atom. The molecule has 0 aromatic heterocycles. The largest absolute Gasteiger partial charge is 0.396 e. The van der Waals surface area contributed by atoms with Crippen molar-refractivity contribution in [3.63, 3.8) is 0 Å². The third kappa shape index (κ3) is 2.60. The second-order valence-corrected chi connectivity index (χ2v) is 4.44. The van der Waals surface area contributed by atoms with Gasteiger partial charge < -0.3 is 5.11 Å². The maximum Gasteiger partial charge on any atom is 0.0431 e. The second kappa shape index (κ2) is 5.32. The molecule has 0 amide bonds. The highest BCUT2D eigenvalue weighted by molar-refractivity contribution is 5.37. The van der Waals surface area contributed by atoms with Gasteiger partial charge in [-0.1, -0.05) is 18.2 Å². The molecule has 82 valence electrons. The summed E-state index contributed by atoms with van der Waals surface area (Å²) < 4.78 is 0. The Kier molecular flexibility index (Phi) is 3.79. The highest BCUT2D eigenvalue weighted by Gasteiger charge is 2.11. The van der Waals surface area contributed by atoms with Gasteiger partial charge in [-0.15, -0.1) is 0 Å². The van der Waals surface area contributed by atoms with Crippen molar-refractivity contribution in [1.82, 2.24) is 0 Å². The van der Waals surface area contributed by atoms with Crippen LogP contribution in [0.5, 0.6) is 0 Å². The molecule has 1 aromatic carbocycles. The van der Waals surface area contributed by atoms with E-state index in [2.05, 4.69) is 18.2 Å². The van der Waals surface area contributed by atoms with Crippen LogP contribution in [0.25, 0.3) is 0 Å². The first-order chi connectivity index (χ1) is 7.42. The van der Waals surface area contributed by atoms with Gasteiger partial charge in [0, 0.05) is 6.61 Å². The van der Waals surface area contributed by atoms with Gasteiger partial charge in [-0.2, -0.15) is 0 Å². The molecule has 1 N–H and O–H groups in total. The average Bonchev–Trinajstić information content (AvgIpc) is 2.30. The van der Waals surface area contributed by atoms with E-state index in [1.54, 1.807) is 11.1 Å². The van der Waals surface area contributed by atoms with Crippen molar-refractivity contribution in [2.24, 2.45) is 0 Å². The molecule has 0 spiro atoms. The molecule has 0 fully saturated rings. The van der Waals surface area contributed by atoms with Crippen LogP contribution in [0.1, 0.15) is 42.4 Å². The quantitative estimate of drug-likeness (QED) is 0.748. The van der Waals surface area contributed by atoms with Crippen molar-refractivity contribution < 1.29 is 5.11 Å². The first-order valence-corrected chi connectivity index (χ1v) is 6.12. The number of benzene rings is 1. The van der Waals surface area contributed by atoms with Crippen LogP contribution < -0.4 is 0 Å². The predicted molar refractivity (Wildman–Crippen MR) is 63.1 cm³/mol. The van der Waals surface area contributed by atoms with Crippen LogP contribution in [0.4, 0.5) is 0 Å². The molecule has 0 saturated carbocycles. The Bertz CT molecular complexity index is 317. The Balaban J connectivity index is 2.09. The summed E-state index contributed by atoms with van der Waals surface area (Å²) in [6.07, 6.45) is 8.44. The van der Waals surface area contributed by atoms with E-state index in [9.17, 15) is 0 Å². The molecule has 0 saturated heterocycles. The van der Waals surface area contributed by atoms with E-state index in [1.165, 1.54) is 31.2 Å². The van der Waals surface area contributed by atoms with E-state index in [4.69, 9.17) is 5.11 Å². The molecule has 1 aliphatic rings. The molecule has 0 aliphatic heterocycles. The SMILES string of the molecule is OCCCCc1cccc2c1CCCC2. The van der Waals surface area contributed by atoms with E-state index in [1.807, 2.05) is 0 Å². The molecule has 15 heavy (non-hydrogen) atoms. The van der Waals surface area contributed by atoms with E-state index in [0.717, 1.165) is 19.3 Å². The molecule has 0 unspecified atom stereocenters. The normalized spacial score (nSPS) is 15.0. The van der Waals surface area contributed by atoms with Crippen LogP contribution in [-0.2, 0) is 19.3 Å². The molecule has 1 aromatic rings. The number of hydrogen-bond donors (Lipinski definition) is 1. The molecule has 0 heterocycles. The minimum absolute atomic E-state index is 0.328. The lowest BCUT2D eigenvalue weighted by atomic mass is 9.87. The molecule has 0 radical (unpaired) electrons. The number of hydrogen-bond acceptors (Lipinski definition) is 1. The zero-order chi connectivity index (χ0) is 10.5. The third-order valence-corrected chi connectivity index (χ3v) is 3.35. The molecular weight excluding hydrogens is 184 g/mol. The Morgan fingerprint density at radius 1 is 1.07 bits per heavy atom. The van der Waals surface area contributed by atoms with Gasteiger partial charge in [0.25, 0.3) is 0 Å². The van der Waals surface area contributed by atoms with Crippen molar-refractivity contribution >= 4 is 0 Å². The number of aryl methyl sites for hydroxylation is 2. The van der Waals surface area contributed by atoms with E-state index < -0.39 is 0 Å². The van der Waals surface area contributed by atoms with Gasteiger partial charge in [-0.25, -0.2) is 0 Å². The maximum atomic E-state index is 8.78. The van der Waals surface area contributed by atoms with Crippen LogP contribution >= 0.6 is 0 Å². The second-order valence-electron chi connectivity index (χ2n) is 4.44. The van der Waals surface area contributed by atoms with Gasteiger partial charge in [0.2, 0.25) is 0 Å². The van der Waals surface area contributed by atoms with Crippen molar-refractivity contribution in [2.45, 2.75) is 44.9 Å². The van der Waals surface area contributed by atoms with Gasteiger partial charge in [-0.05, 0) is 61.6 Å². The predicted octanol–water partition coefficient (Wildman–Crippen LogP) is 2.88. The van der Waals surface area contributed by atoms with Crippen molar-refractivity contribution in [2.75, 3.05) is 6.61 Å². The first kappa shape index (κ1) is 10.7. The summed E-state index contributed by atoms with van der Waals surface area (Å²) in [5.74, 6) is 0. The molecule has 2 rings (SSSR count). The zero-order valence-electron chi connectivity index (χ0n) is 9.34. The fraction of sp³-hybridized carbons (Fsp3) is 0.571. The van der Waals surface area contributed by atoms with Crippen molar-refractivity contribution in [3.8, 4) is 0 Å². The lowest BCUT2D eigenvalue weighted by Crippen LogP contribution is -2.06. The summed E-state index contributed by atoms with van der Waals surface area (Å²) in [5.41, 5.74) is 4.71. The summed E-state index contributed by atoms with van der Waals surface area (Å²) >= 11 is 0. The summed E-state index contributed by atoms with van der Waals surface area (Å²) in [7, 11) is 0. The Labute approximate surface area is 92.1 Å². The van der Waals surface area contributed by atoms with Crippen LogP contribution in [0.3, 0.4) is 0 Å². The molecule has 1 aliphatic carbocycles. The van der Waals surface area contributed by atoms with Crippen LogP contribution in [0.2, 0.25) is 0 Å². The average molecular weight is 204 g/mol. The molecule has 1 heteroatoms. The molecular formula is C14H20O. The zero-order valence-corrected chi connectivity index (χ0v) is 9.34. The molecule has 0 bridgehead atoms. The minimum atomic E-state index is 0.328. The highest BCUT2D eigenvalue weighted by Crippen LogP contribution is 2.25. The fourth-order valence-electron chi connectivity index (χ4n) is 2.52. The lowest BCUT2D eigenvalue weighted by molar-refractivity contribution is 0.284. The van der Waals surface area contributed by atoms with Gasteiger partial charge >= 0.3 is 0 Å². The highest BCUT2D eigenvalue weighted by atomic mass is 16.2. The molecule has 0 atom stereocenters. The van der Waals surface area contributed by atoms with Crippen LogP contribution in [0.15, 0.2) is 18.2 Å². The Hall–Kier alpha value is -0.820. The van der Waals surface area contributed by atoms with Crippen molar-refractivity contribution in [3.05, 3.63) is 34.9 Å². The van der Waals surface area contributed by atoms with Gasteiger partial charge in [-0.3, -0.25) is 0 Å². The smallest absolute Gasteiger partial charge is 0.0431 e. The van der Waals surface area contributed by atoms with E-state index in [-0.39, 0.29) is 0 Å². The number of aliphatic hydroxyl groups is 1. The number of fused-ring (bicyclic) bond motifs is 1. The van der Waals surface area contributed by atoms with Crippen molar-refractivity contribution in [1.29, 1.82) is 0 Å². The monoisotopic (exact) mass is 204 g/mol. The number of unbranched alkanes of at least 4 members (excludes halogenated alkanes) is 1. The van der Waals surface area contributed by atoms with Gasteiger partial charge in [0.1, 0.15) is 0 Å². The number of rotatable bonds is 4. The molecule has 1 nitrogen and oxygen atoms in total. The van der Waals surface area contributed by atoms with Gasteiger partial charge in [0.15, 0.2) is 0 Å². The summed E-state index contributed by atoms with van der Waals surface area (Å²) in [6.45, 7) is 0.328. The van der Waals surface area contributed by atoms with Crippen LogP contribution in [-0.4, -0.2) is 11.7 Å². The van der Waals surface area contributed by atoms with E-state index in [0.29, 0.717) is 6.61 Å². The van der Waals surface area contributed by atoms with E-state index >= 15 is 0 Å². The summed E-state index contributed by atoms with van der Waals surface area (Å²) in [5, 5.41) is 8.78. The fourth-order valence-corrected chi connectivity index (χ4v) is 2.52. The standard InChI is InChI=1S/C14H20O/c15-11-4-3-7-13-9-5-8-12-6-1-2-10-14(12)13/h5,8-9,15H,1-4,6-7,10-11H2. The van der Waals surface area contributed by atoms with Gasteiger partial charge in [0.05, 0.1) is 0 Å². The van der Waals surface area contributed by atoms with Crippen LogP contribution in [0, 0.1) is 0 Å². The Morgan fingerprint density at radius 2 is 1.93 bits per heavy atom. The first-order valence-electron chi connectivity index (χ1n) is 6.12. The maximum absolute atomic E-state index is 8.78. The summed E-state index contributed by atoms with van der Waals surface area (Å²) in [4.78, 5) is 0. The lowest BCUT2D eigenvalue weighted by Gasteiger charge is -2.19. The number of aliphatic hydroxyl groups excluding tert-OH is 1. The third-order valence-electron chi connectivity index (χ3n) is 3.35.